The van der Waals surface area contributed by atoms with Crippen LogP contribution in [-0.4, -0.2) is 21.7 Å². The smallest absolute Gasteiger partial charge is 0.225 e. The molecule has 0 fully saturated rings. The quantitative estimate of drug-likeness (QED) is 0.804. The second kappa shape index (κ2) is 8.30. The van der Waals surface area contributed by atoms with Gasteiger partial charge in [-0.3, -0.25) is 9.48 Å². The van der Waals surface area contributed by atoms with Crippen LogP contribution in [0.1, 0.15) is 55.2 Å². The Morgan fingerprint density at radius 1 is 1.24 bits per heavy atom. The van der Waals surface area contributed by atoms with Gasteiger partial charge in [0.15, 0.2) is 0 Å². The number of hydrogen-bond donors (Lipinski definition) is 2. The van der Waals surface area contributed by atoms with Crippen molar-refractivity contribution in [1.29, 1.82) is 0 Å². The predicted molar refractivity (Wildman–Crippen MR) is 103 cm³/mol. The maximum absolute atomic E-state index is 12.4. The lowest BCUT2D eigenvalue weighted by atomic mass is 10.0. The molecule has 2 N–H and O–H groups in total. The second-order valence-electron chi connectivity index (χ2n) is 6.80. The van der Waals surface area contributed by atoms with Gasteiger partial charge in [0.2, 0.25) is 5.91 Å². The number of aromatic nitrogens is 2. The van der Waals surface area contributed by atoms with E-state index in [1.807, 2.05) is 49.8 Å². The van der Waals surface area contributed by atoms with Crippen LogP contribution in [0.3, 0.4) is 0 Å². The Labute approximate surface area is 150 Å². The van der Waals surface area contributed by atoms with E-state index in [4.69, 9.17) is 0 Å². The molecule has 0 unspecified atom stereocenters. The van der Waals surface area contributed by atoms with E-state index >= 15 is 0 Å². The van der Waals surface area contributed by atoms with Gasteiger partial charge in [-0.15, -0.1) is 0 Å². The number of rotatable bonds is 7. The third-order valence-corrected chi connectivity index (χ3v) is 4.72. The zero-order valence-electron chi connectivity index (χ0n) is 16.2. The van der Waals surface area contributed by atoms with Crippen LogP contribution in [0.2, 0.25) is 0 Å². The van der Waals surface area contributed by atoms with Crippen molar-refractivity contribution in [3.05, 3.63) is 46.8 Å². The molecule has 0 aliphatic rings. The van der Waals surface area contributed by atoms with Gasteiger partial charge in [0.25, 0.3) is 0 Å². The largest absolute Gasteiger partial charge is 0.326 e. The first kappa shape index (κ1) is 19.2. The van der Waals surface area contributed by atoms with E-state index in [0.29, 0.717) is 6.42 Å². The summed E-state index contributed by atoms with van der Waals surface area (Å²) in [6.45, 7) is 10.3. The lowest BCUT2D eigenvalue weighted by Crippen LogP contribution is -2.34. The van der Waals surface area contributed by atoms with Gasteiger partial charge in [0, 0.05) is 42.5 Å². The highest BCUT2D eigenvalue weighted by Gasteiger charge is 2.21. The molecule has 136 valence electrons. The number of nitrogens with zero attached hydrogens (tertiary/aromatic N) is 2. The molecule has 0 spiro atoms. The molecule has 1 amide bonds. The molecule has 1 aromatic heterocycles. The van der Waals surface area contributed by atoms with E-state index < -0.39 is 0 Å². The zero-order chi connectivity index (χ0) is 18.6. The van der Waals surface area contributed by atoms with Crippen LogP contribution in [0.15, 0.2) is 24.3 Å². The fraction of sp³-hybridized carbons (Fsp3) is 0.500. The molecule has 2 rings (SSSR count). The third kappa shape index (κ3) is 4.69. The molecule has 0 aliphatic carbocycles. The summed E-state index contributed by atoms with van der Waals surface area (Å²) in [4.78, 5) is 12.4. The summed E-state index contributed by atoms with van der Waals surface area (Å²) in [6, 6.07) is 8.12. The van der Waals surface area contributed by atoms with Gasteiger partial charge < -0.3 is 10.6 Å². The van der Waals surface area contributed by atoms with Crippen molar-refractivity contribution >= 4 is 11.6 Å². The van der Waals surface area contributed by atoms with E-state index in [1.165, 1.54) is 11.3 Å². The van der Waals surface area contributed by atoms with Crippen LogP contribution in [-0.2, 0) is 11.8 Å². The second-order valence-corrected chi connectivity index (χ2v) is 6.80. The molecule has 1 aromatic carbocycles. The summed E-state index contributed by atoms with van der Waals surface area (Å²) in [5, 5.41) is 11.1. The molecule has 0 saturated carbocycles. The highest BCUT2D eigenvalue weighted by atomic mass is 16.1. The van der Waals surface area contributed by atoms with Crippen LogP contribution in [0, 0.1) is 20.8 Å². The number of carbonyl (C=O) groups excluding carboxylic acids is 1. The van der Waals surface area contributed by atoms with Crippen molar-refractivity contribution in [3.63, 3.8) is 0 Å². The van der Waals surface area contributed by atoms with Crippen molar-refractivity contribution in [1.82, 2.24) is 15.1 Å². The minimum Gasteiger partial charge on any atom is -0.326 e. The lowest BCUT2D eigenvalue weighted by molar-refractivity contribution is -0.116. The van der Waals surface area contributed by atoms with Crippen molar-refractivity contribution < 1.29 is 4.79 Å². The number of hydrogen-bond acceptors (Lipinski definition) is 3. The van der Waals surface area contributed by atoms with Crippen molar-refractivity contribution in [3.8, 4) is 0 Å². The number of para-hydroxylation sites is 1. The summed E-state index contributed by atoms with van der Waals surface area (Å²) in [5.74, 6) is 0.0313. The van der Waals surface area contributed by atoms with Crippen LogP contribution in [0.25, 0.3) is 0 Å². The first-order chi connectivity index (χ1) is 11.8. The topological polar surface area (TPSA) is 59.0 Å². The van der Waals surface area contributed by atoms with Crippen molar-refractivity contribution in [2.24, 2.45) is 7.05 Å². The predicted octanol–water partition coefficient (Wildman–Crippen LogP) is 3.80. The molecule has 2 aromatic rings. The highest BCUT2D eigenvalue weighted by Crippen LogP contribution is 2.24. The van der Waals surface area contributed by atoms with Crippen molar-refractivity contribution in [2.75, 3.05) is 5.32 Å². The van der Waals surface area contributed by atoms with Gasteiger partial charge in [-0.05, 0) is 45.7 Å². The Morgan fingerprint density at radius 2 is 1.92 bits per heavy atom. The van der Waals surface area contributed by atoms with Crippen LogP contribution < -0.4 is 10.6 Å². The average molecular weight is 342 g/mol. The Hall–Kier alpha value is -2.14. The van der Waals surface area contributed by atoms with E-state index in [2.05, 4.69) is 36.5 Å². The molecule has 25 heavy (non-hydrogen) atoms. The number of anilines is 1. The van der Waals surface area contributed by atoms with Crippen LogP contribution in [0.4, 0.5) is 5.69 Å². The van der Waals surface area contributed by atoms with E-state index in [1.54, 1.807) is 0 Å². The van der Waals surface area contributed by atoms with E-state index in [0.717, 1.165) is 23.4 Å². The summed E-state index contributed by atoms with van der Waals surface area (Å²) in [7, 11) is 1.97. The maximum atomic E-state index is 12.4. The molecule has 1 heterocycles. The van der Waals surface area contributed by atoms with Crippen molar-refractivity contribution in [2.45, 2.75) is 59.5 Å². The molecule has 5 heteroatoms. The van der Waals surface area contributed by atoms with Crippen LogP contribution >= 0.6 is 0 Å². The minimum atomic E-state index is 0.0313. The molecule has 2 atom stereocenters. The first-order valence-electron chi connectivity index (χ1n) is 8.95. The molecule has 0 saturated heterocycles. The molecule has 0 aliphatic heterocycles. The highest BCUT2D eigenvalue weighted by molar-refractivity contribution is 5.91. The fourth-order valence-corrected chi connectivity index (χ4v) is 3.29. The SMILES string of the molecule is CC[C@@H](N[C@H](C)CC(=O)Nc1ccccc1C)c1c(C)nn(C)c1C. The Morgan fingerprint density at radius 3 is 2.48 bits per heavy atom. The average Bonchev–Trinajstić information content (AvgIpc) is 2.80. The summed E-state index contributed by atoms with van der Waals surface area (Å²) >= 11 is 0. The number of carbonyl (C=O) groups is 1. The number of aryl methyl sites for hydroxylation is 3. The van der Waals surface area contributed by atoms with E-state index in [-0.39, 0.29) is 18.0 Å². The van der Waals surface area contributed by atoms with Crippen LogP contribution in [0.5, 0.6) is 0 Å². The van der Waals surface area contributed by atoms with Gasteiger partial charge >= 0.3 is 0 Å². The Kier molecular flexibility index (Phi) is 6.37. The molecule has 0 radical (unpaired) electrons. The zero-order valence-corrected chi connectivity index (χ0v) is 16.2. The number of benzene rings is 1. The first-order valence-corrected chi connectivity index (χ1v) is 8.95. The molecule has 0 bridgehead atoms. The summed E-state index contributed by atoms with van der Waals surface area (Å²) < 4.78 is 1.92. The monoisotopic (exact) mass is 342 g/mol. The maximum Gasteiger partial charge on any atom is 0.225 e. The normalized spacial score (nSPS) is 13.5. The molecular weight excluding hydrogens is 312 g/mol. The Balaban J connectivity index is 1.99. The van der Waals surface area contributed by atoms with E-state index in [9.17, 15) is 4.79 Å². The van der Waals surface area contributed by atoms with Gasteiger partial charge in [-0.2, -0.15) is 5.10 Å². The van der Waals surface area contributed by atoms with Gasteiger partial charge in [0.1, 0.15) is 0 Å². The number of nitrogens with one attached hydrogen (secondary N) is 2. The fourth-order valence-electron chi connectivity index (χ4n) is 3.29. The third-order valence-electron chi connectivity index (χ3n) is 4.72. The molecule has 5 nitrogen and oxygen atoms in total. The number of amides is 1. The lowest BCUT2D eigenvalue weighted by Gasteiger charge is -2.23. The van der Waals surface area contributed by atoms with Gasteiger partial charge in [0.05, 0.1) is 5.69 Å². The standard InChI is InChI=1S/C20H30N4O/c1-7-17(20-15(4)23-24(6)16(20)5)21-14(3)12-19(25)22-18-11-9-8-10-13(18)2/h8-11,14,17,21H,7,12H2,1-6H3,(H,22,25)/t14-,17-/m1/s1. The summed E-state index contributed by atoms with van der Waals surface area (Å²) in [6.07, 6.45) is 1.39. The minimum absolute atomic E-state index is 0.0313. The Bertz CT molecular complexity index is 735. The van der Waals surface area contributed by atoms with Gasteiger partial charge in [-0.25, -0.2) is 0 Å². The molecular formula is C20H30N4O. The summed E-state index contributed by atoms with van der Waals surface area (Å²) in [5.41, 5.74) is 5.43. The van der Waals surface area contributed by atoms with Gasteiger partial charge in [-0.1, -0.05) is 25.1 Å².